The second kappa shape index (κ2) is 8.85. The molecule has 1 unspecified atom stereocenters. The number of nitrogens with one attached hydrogen (secondary N) is 1. The van der Waals surface area contributed by atoms with Crippen LogP contribution in [-0.2, 0) is 14.3 Å². The Morgan fingerprint density at radius 1 is 1.03 bits per heavy atom. The normalized spacial score (nSPS) is 20.2. The fraction of sp³-hybridized carbons (Fsp3) is 0.545. The molecule has 1 atom stereocenters. The third kappa shape index (κ3) is 5.58. The lowest BCUT2D eigenvalue weighted by atomic mass is 9.93. The minimum Gasteiger partial charge on any atom is -0.444 e. The zero-order valence-corrected chi connectivity index (χ0v) is 17.8. The van der Waals surface area contributed by atoms with E-state index in [0.717, 1.165) is 5.69 Å². The smallest absolute Gasteiger partial charge is 0.410 e. The lowest BCUT2D eigenvalue weighted by Crippen LogP contribution is -2.50. The van der Waals surface area contributed by atoms with Crippen molar-refractivity contribution in [1.29, 1.82) is 0 Å². The molecule has 30 heavy (non-hydrogen) atoms. The van der Waals surface area contributed by atoms with Gasteiger partial charge in [0, 0.05) is 43.9 Å². The number of Topliss-reactive ketones (excluding diaryl/α,β-unsaturated/α-hetero) is 2. The van der Waals surface area contributed by atoms with Crippen molar-refractivity contribution >= 4 is 29.3 Å². The summed E-state index contributed by atoms with van der Waals surface area (Å²) >= 11 is 0. The van der Waals surface area contributed by atoms with Crippen molar-refractivity contribution in [1.82, 2.24) is 10.2 Å². The molecule has 1 heterocycles. The molecule has 1 aromatic carbocycles. The van der Waals surface area contributed by atoms with Crippen LogP contribution in [0.5, 0.6) is 0 Å². The summed E-state index contributed by atoms with van der Waals surface area (Å²) in [5.74, 6) is -0.607. The van der Waals surface area contributed by atoms with Gasteiger partial charge in [-0.15, -0.1) is 0 Å². The Morgan fingerprint density at radius 3 is 2.23 bits per heavy atom. The highest BCUT2D eigenvalue weighted by Crippen LogP contribution is 2.19. The summed E-state index contributed by atoms with van der Waals surface area (Å²) in [6.07, 6.45) is 0.293. The molecule has 2 amide bonds. The number of hydrogen-bond acceptors (Lipinski definition) is 6. The summed E-state index contributed by atoms with van der Waals surface area (Å²) in [5, 5.41) is 2.73. The van der Waals surface area contributed by atoms with Gasteiger partial charge in [-0.05, 0) is 51.5 Å². The molecule has 1 N–H and O–H groups in total. The van der Waals surface area contributed by atoms with Crippen LogP contribution in [0.25, 0.3) is 0 Å². The van der Waals surface area contributed by atoms with Crippen LogP contribution < -0.4 is 10.2 Å². The van der Waals surface area contributed by atoms with Gasteiger partial charge in [-0.1, -0.05) is 0 Å². The molecule has 1 aliphatic heterocycles. The van der Waals surface area contributed by atoms with Crippen molar-refractivity contribution in [3.63, 3.8) is 0 Å². The van der Waals surface area contributed by atoms with E-state index in [0.29, 0.717) is 44.6 Å². The molecule has 0 radical (unpaired) electrons. The number of carbonyl (C=O) groups excluding carboxylic acids is 4. The van der Waals surface area contributed by atoms with Crippen molar-refractivity contribution in [2.24, 2.45) is 0 Å². The van der Waals surface area contributed by atoms with Crippen LogP contribution in [0, 0.1) is 0 Å². The Hall–Kier alpha value is -2.90. The maximum Gasteiger partial charge on any atom is 0.410 e. The van der Waals surface area contributed by atoms with Crippen LogP contribution in [0.2, 0.25) is 0 Å². The van der Waals surface area contributed by atoms with E-state index in [9.17, 15) is 19.2 Å². The van der Waals surface area contributed by atoms with Crippen molar-refractivity contribution in [3.8, 4) is 0 Å². The van der Waals surface area contributed by atoms with E-state index in [4.69, 9.17) is 4.74 Å². The Balaban J connectivity index is 1.52. The first-order valence-corrected chi connectivity index (χ1v) is 10.3. The average molecular weight is 415 g/mol. The predicted octanol–water partition coefficient (Wildman–Crippen LogP) is 2.16. The fourth-order valence-electron chi connectivity index (χ4n) is 3.56. The fourth-order valence-corrected chi connectivity index (χ4v) is 3.56. The Kier molecular flexibility index (Phi) is 6.43. The summed E-state index contributed by atoms with van der Waals surface area (Å²) in [5.41, 5.74) is 0.924. The van der Waals surface area contributed by atoms with E-state index in [2.05, 4.69) is 10.2 Å². The number of ketones is 2. The summed E-state index contributed by atoms with van der Waals surface area (Å²) < 4.78 is 5.42. The Morgan fingerprint density at radius 2 is 1.67 bits per heavy atom. The van der Waals surface area contributed by atoms with Gasteiger partial charge in [0.2, 0.25) is 0 Å². The van der Waals surface area contributed by atoms with Gasteiger partial charge < -0.3 is 19.9 Å². The summed E-state index contributed by atoms with van der Waals surface area (Å²) in [6, 6.07) is 6.59. The van der Waals surface area contributed by atoms with Crippen molar-refractivity contribution in [2.45, 2.75) is 51.7 Å². The maximum absolute atomic E-state index is 12.4. The second-order valence-electron chi connectivity index (χ2n) is 8.75. The summed E-state index contributed by atoms with van der Waals surface area (Å²) in [7, 11) is 0. The van der Waals surface area contributed by atoms with Crippen LogP contribution >= 0.6 is 0 Å². The van der Waals surface area contributed by atoms with Gasteiger partial charge in [0.15, 0.2) is 5.78 Å². The van der Waals surface area contributed by atoms with E-state index in [1.807, 2.05) is 32.9 Å². The molecule has 3 rings (SSSR count). The SMILES string of the molecule is CC(C)(C)OC(=O)N1CCN(c2ccc(C(=O)NC3CCC(=O)CC3=O)cc2)CC1. The van der Waals surface area contributed by atoms with Gasteiger partial charge in [0.1, 0.15) is 11.4 Å². The van der Waals surface area contributed by atoms with E-state index < -0.39 is 11.6 Å². The van der Waals surface area contributed by atoms with E-state index in [1.165, 1.54) is 0 Å². The van der Waals surface area contributed by atoms with Crippen LogP contribution in [0.15, 0.2) is 24.3 Å². The van der Waals surface area contributed by atoms with Crippen LogP contribution in [0.3, 0.4) is 0 Å². The number of carbonyl (C=O) groups is 4. The molecule has 0 bridgehead atoms. The number of piperazine rings is 1. The van der Waals surface area contributed by atoms with E-state index in [1.54, 1.807) is 17.0 Å². The Bertz CT molecular complexity index is 820. The van der Waals surface area contributed by atoms with E-state index in [-0.39, 0.29) is 30.0 Å². The molecule has 1 aromatic rings. The lowest BCUT2D eigenvalue weighted by molar-refractivity contribution is -0.131. The van der Waals surface area contributed by atoms with Crippen molar-refractivity contribution in [3.05, 3.63) is 29.8 Å². The van der Waals surface area contributed by atoms with Crippen LogP contribution in [-0.4, -0.2) is 66.3 Å². The molecule has 2 fully saturated rings. The van der Waals surface area contributed by atoms with Crippen molar-refractivity contribution in [2.75, 3.05) is 31.1 Å². The van der Waals surface area contributed by atoms with Gasteiger partial charge in [-0.3, -0.25) is 14.4 Å². The average Bonchev–Trinajstić information content (AvgIpc) is 2.69. The summed E-state index contributed by atoms with van der Waals surface area (Å²) in [4.78, 5) is 51.7. The highest BCUT2D eigenvalue weighted by Gasteiger charge is 2.29. The number of benzene rings is 1. The zero-order valence-electron chi connectivity index (χ0n) is 17.8. The van der Waals surface area contributed by atoms with Gasteiger partial charge in [-0.2, -0.15) is 0 Å². The number of ether oxygens (including phenoxy) is 1. The number of anilines is 1. The second-order valence-corrected chi connectivity index (χ2v) is 8.75. The molecule has 0 aromatic heterocycles. The molecule has 1 saturated heterocycles. The summed E-state index contributed by atoms with van der Waals surface area (Å²) in [6.45, 7) is 8.04. The monoisotopic (exact) mass is 415 g/mol. The minimum atomic E-state index is -0.587. The molecule has 162 valence electrons. The molecule has 0 spiro atoms. The zero-order chi connectivity index (χ0) is 21.9. The third-order valence-electron chi connectivity index (χ3n) is 5.20. The van der Waals surface area contributed by atoms with Crippen LogP contribution in [0.1, 0.15) is 50.4 Å². The van der Waals surface area contributed by atoms with Crippen LogP contribution in [0.4, 0.5) is 10.5 Å². The molecular weight excluding hydrogens is 386 g/mol. The highest BCUT2D eigenvalue weighted by atomic mass is 16.6. The molecule has 8 heteroatoms. The van der Waals surface area contributed by atoms with Crippen molar-refractivity contribution < 1.29 is 23.9 Å². The van der Waals surface area contributed by atoms with Gasteiger partial charge >= 0.3 is 6.09 Å². The molecule has 1 saturated carbocycles. The standard InChI is InChI=1S/C22H29N3O5/c1-22(2,3)30-21(29)25-12-10-24(11-13-25)16-6-4-15(5-7-16)20(28)23-18-9-8-17(26)14-19(18)27/h4-7,18H,8-14H2,1-3H3,(H,23,28). The largest absolute Gasteiger partial charge is 0.444 e. The Labute approximate surface area is 176 Å². The maximum atomic E-state index is 12.4. The molecule has 2 aliphatic rings. The molecule has 8 nitrogen and oxygen atoms in total. The first-order chi connectivity index (χ1) is 14.1. The lowest BCUT2D eigenvalue weighted by Gasteiger charge is -2.36. The first kappa shape index (κ1) is 21.8. The minimum absolute atomic E-state index is 0.0679. The number of rotatable bonds is 3. The molecular formula is C22H29N3O5. The quantitative estimate of drug-likeness (QED) is 0.760. The van der Waals surface area contributed by atoms with E-state index >= 15 is 0 Å². The number of hydrogen-bond donors (Lipinski definition) is 1. The number of amides is 2. The topological polar surface area (TPSA) is 96.0 Å². The number of nitrogens with zero attached hydrogens (tertiary/aromatic N) is 2. The third-order valence-corrected chi connectivity index (χ3v) is 5.20. The van der Waals surface area contributed by atoms with Gasteiger partial charge in [0.05, 0.1) is 12.5 Å². The highest BCUT2D eigenvalue weighted by molar-refractivity contribution is 6.06. The van der Waals surface area contributed by atoms with Gasteiger partial charge in [0.25, 0.3) is 5.91 Å². The van der Waals surface area contributed by atoms with Gasteiger partial charge in [-0.25, -0.2) is 4.79 Å². The predicted molar refractivity (Wildman–Crippen MR) is 112 cm³/mol. The first-order valence-electron chi connectivity index (χ1n) is 10.3. The molecule has 1 aliphatic carbocycles.